The van der Waals surface area contributed by atoms with E-state index < -0.39 is 0 Å². The first-order valence-electron chi connectivity index (χ1n) is 3.07. The minimum Gasteiger partial charge on any atom is -0.399 e. The summed E-state index contributed by atoms with van der Waals surface area (Å²) in [6, 6.07) is 0. The van der Waals surface area contributed by atoms with Crippen molar-refractivity contribution >= 4 is 5.71 Å². The van der Waals surface area contributed by atoms with Crippen LogP contribution in [0.4, 0.5) is 0 Å². The van der Waals surface area contributed by atoms with Gasteiger partial charge in [-0.1, -0.05) is 18.2 Å². The molecule has 0 aliphatic heterocycles. The van der Waals surface area contributed by atoms with Gasteiger partial charge in [0.2, 0.25) is 0 Å². The molecule has 0 spiro atoms. The van der Waals surface area contributed by atoms with E-state index in [2.05, 4.69) is 9.99 Å². The second kappa shape index (κ2) is 5.35. The van der Waals surface area contributed by atoms with E-state index in [1.807, 2.05) is 26.0 Å². The fourth-order valence-corrected chi connectivity index (χ4v) is 0.522. The summed E-state index contributed by atoms with van der Waals surface area (Å²) in [5.74, 6) is 0. The average Bonchev–Trinajstić information content (AvgIpc) is 1.88. The van der Waals surface area contributed by atoms with Gasteiger partial charge in [-0.15, -0.1) is 0 Å². The number of nitrogens with zero attached hydrogens (tertiary/aromatic N) is 1. The Labute approximate surface area is 56.2 Å². The van der Waals surface area contributed by atoms with Crippen LogP contribution < -0.4 is 0 Å². The van der Waals surface area contributed by atoms with Crippen LogP contribution >= 0.6 is 0 Å². The summed E-state index contributed by atoms with van der Waals surface area (Å²) in [5, 5.41) is 3.76. The molecule has 0 heterocycles. The van der Waals surface area contributed by atoms with Crippen molar-refractivity contribution in [2.45, 2.75) is 20.3 Å². The van der Waals surface area contributed by atoms with Crippen LogP contribution in [0.1, 0.15) is 20.3 Å². The molecule has 0 amide bonds. The number of hydrogen-bond donors (Lipinski definition) is 0. The van der Waals surface area contributed by atoms with Gasteiger partial charge < -0.3 is 4.84 Å². The largest absolute Gasteiger partial charge is 0.399 e. The Bertz CT molecular complexity index is 116. The van der Waals surface area contributed by atoms with E-state index in [1.165, 1.54) is 0 Å². The van der Waals surface area contributed by atoms with Gasteiger partial charge in [0, 0.05) is 0 Å². The number of rotatable bonds is 3. The lowest BCUT2D eigenvalue weighted by atomic mass is 10.3. The zero-order valence-electron chi connectivity index (χ0n) is 6.22. The molecule has 0 aliphatic carbocycles. The summed E-state index contributed by atoms with van der Waals surface area (Å²) >= 11 is 0. The van der Waals surface area contributed by atoms with Crippen molar-refractivity contribution in [3.63, 3.8) is 0 Å². The van der Waals surface area contributed by atoms with Crippen LogP contribution in [0.5, 0.6) is 0 Å². The number of oxime groups is 1. The Hall–Kier alpha value is -0.790. The molecule has 0 rings (SSSR count). The van der Waals surface area contributed by atoms with E-state index >= 15 is 0 Å². The Balaban J connectivity index is 3.81. The maximum absolute atomic E-state index is 4.58. The van der Waals surface area contributed by atoms with E-state index in [9.17, 15) is 0 Å². The standard InChI is InChI=1S/C7H13NO/c1-4-6-7(5-2)8-9-3/h4,6H,5H2,1-3H3/b6-4+,8-7+. The topological polar surface area (TPSA) is 21.6 Å². The van der Waals surface area contributed by atoms with Crippen molar-refractivity contribution in [2.24, 2.45) is 5.16 Å². The summed E-state index contributed by atoms with van der Waals surface area (Å²) in [5.41, 5.74) is 0.972. The predicted octanol–water partition coefficient (Wildman–Crippen LogP) is 1.97. The molecule has 0 atom stereocenters. The summed E-state index contributed by atoms with van der Waals surface area (Å²) in [4.78, 5) is 4.58. The van der Waals surface area contributed by atoms with Crippen molar-refractivity contribution in [3.8, 4) is 0 Å². The molecule has 0 unspecified atom stereocenters. The van der Waals surface area contributed by atoms with Crippen LogP contribution in [0.25, 0.3) is 0 Å². The van der Waals surface area contributed by atoms with Crippen LogP contribution in [0, 0.1) is 0 Å². The highest BCUT2D eigenvalue weighted by Gasteiger charge is 1.85. The molecule has 0 aromatic heterocycles. The first-order chi connectivity index (χ1) is 4.35. The Morgan fingerprint density at radius 2 is 2.33 bits per heavy atom. The lowest BCUT2D eigenvalue weighted by Gasteiger charge is -1.91. The van der Waals surface area contributed by atoms with Gasteiger partial charge in [-0.05, 0) is 19.4 Å². The van der Waals surface area contributed by atoms with Gasteiger partial charge >= 0.3 is 0 Å². The fourth-order valence-electron chi connectivity index (χ4n) is 0.522. The third kappa shape index (κ3) is 3.76. The molecular formula is C7H13NO. The second-order valence-corrected chi connectivity index (χ2v) is 1.62. The smallest absolute Gasteiger partial charge is 0.106 e. The van der Waals surface area contributed by atoms with Crippen LogP contribution in [0.2, 0.25) is 0 Å². The molecule has 0 bridgehead atoms. The van der Waals surface area contributed by atoms with Crippen molar-refractivity contribution in [3.05, 3.63) is 12.2 Å². The molecule has 9 heavy (non-hydrogen) atoms. The summed E-state index contributed by atoms with van der Waals surface area (Å²) in [6.07, 6.45) is 4.79. The maximum atomic E-state index is 4.58. The van der Waals surface area contributed by atoms with Gasteiger partial charge in [-0.25, -0.2) is 0 Å². The molecule has 0 radical (unpaired) electrons. The number of allylic oxidation sites excluding steroid dienone is 2. The molecule has 0 saturated carbocycles. The van der Waals surface area contributed by atoms with Gasteiger partial charge in [0.1, 0.15) is 7.11 Å². The van der Waals surface area contributed by atoms with E-state index in [0.717, 1.165) is 12.1 Å². The van der Waals surface area contributed by atoms with Crippen LogP contribution in [0.15, 0.2) is 17.3 Å². The Morgan fingerprint density at radius 3 is 2.67 bits per heavy atom. The SMILES string of the molecule is C/C=C/C(CC)=N/OC. The van der Waals surface area contributed by atoms with Gasteiger partial charge in [-0.3, -0.25) is 0 Å². The Morgan fingerprint density at radius 1 is 1.67 bits per heavy atom. The van der Waals surface area contributed by atoms with Crippen LogP contribution in [-0.2, 0) is 4.84 Å². The third-order valence-electron chi connectivity index (χ3n) is 0.930. The Kier molecular flexibility index (Phi) is 4.88. The normalized spacial score (nSPS) is 12.6. The van der Waals surface area contributed by atoms with Crippen molar-refractivity contribution < 1.29 is 4.84 Å². The third-order valence-corrected chi connectivity index (χ3v) is 0.930. The zero-order valence-corrected chi connectivity index (χ0v) is 6.22. The minimum atomic E-state index is 0.915. The molecule has 0 aromatic rings. The molecule has 52 valence electrons. The molecule has 2 nitrogen and oxygen atoms in total. The van der Waals surface area contributed by atoms with Crippen molar-refractivity contribution in [1.82, 2.24) is 0 Å². The summed E-state index contributed by atoms with van der Waals surface area (Å²) in [6.45, 7) is 4.00. The van der Waals surface area contributed by atoms with Gasteiger partial charge in [0.15, 0.2) is 0 Å². The highest BCUT2D eigenvalue weighted by molar-refractivity contribution is 5.94. The van der Waals surface area contributed by atoms with Gasteiger partial charge in [-0.2, -0.15) is 0 Å². The van der Waals surface area contributed by atoms with E-state index in [1.54, 1.807) is 7.11 Å². The van der Waals surface area contributed by atoms with E-state index in [0.29, 0.717) is 0 Å². The molecule has 2 heteroatoms. The van der Waals surface area contributed by atoms with Gasteiger partial charge in [0.05, 0.1) is 5.71 Å². The highest BCUT2D eigenvalue weighted by Crippen LogP contribution is 1.88. The predicted molar refractivity (Wildman–Crippen MR) is 39.5 cm³/mol. The highest BCUT2D eigenvalue weighted by atomic mass is 16.6. The van der Waals surface area contributed by atoms with E-state index in [-0.39, 0.29) is 0 Å². The van der Waals surface area contributed by atoms with Crippen LogP contribution in [0.3, 0.4) is 0 Å². The maximum Gasteiger partial charge on any atom is 0.106 e. The number of hydrogen-bond acceptors (Lipinski definition) is 2. The van der Waals surface area contributed by atoms with Crippen LogP contribution in [-0.4, -0.2) is 12.8 Å². The van der Waals surface area contributed by atoms with Gasteiger partial charge in [0.25, 0.3) is 0 Å². The average molecular weight is 127 g/mol. The summed E-state index contributed by atoms with van der Waals surface area (Å²) < 4.78 is 0. The lowest BCUT2D eigenvalue weighted by molar-refractivity contribution is 0.213. The molecular weight excluding hydrogens is 114 g/mol. The minimum absolute atomic E-state index is 0.915. The monoisotopic (exact) mass is 127 g/mol. The van der Waals surface area contributed by atoms with E-state index in [4.69, 9.17) is 0 Å². The lowest BCUT2D eigenvalue weighted by Crippen LogP contribution is -1.89. The molecule has 0 N–H and O–H groups in total. The zero-order chi connectivity index (χ0) is 7.11. The van der Waals surface area contributed by atoms with Crippen molar-refractivity contribution in [1.29, 1.82) is 0 Å². The fraction of sp³-hybridized carbons (Fsp3) is 0.571. The molecule has 0 aliphatic rings. The molecule has 0 fully saturated rings. The second-order valence-electron chi connectivity index (χ2n) is 1.62. The quantitative estimate of drug-likeness (QED) is 0.419. The molecule has 0 aromatic carbocycles. The molecule has 0 saturated heterocycles. The summed E-state index contributed by atoms with van der Waals surface area (Å²) in [7, 11) is 1.55. The first kappa shape index (κ1) is 8.21. The first-order valence-corrected chi connectivity index (χ1v) is 3.07. The van der Waals surface area contributed by atoms with Crippen molar-refractivity contribution in [2.75, 3.05) is 7.11 Å².